The minimum Gasteiger partial charge on any atom is -0.449 e. The first-order chi connectivity index (χ1) is 8.45. The zero-order chi connectivity index (χ0) is 11.2. The van der Waals surface area contributed by atoms with Crippen molar-refractivity contribution in [2.45, 2.75) is 0 Å². The van der Waals surface area contributed by atoms with E-state index in [1.165, 1.54) is 21.5 Å². The summed E-state index contributed by atoms with van der Waals surface area (Å²) in [6.45, 7) is 0. The average Bonchev–Trinajstić information content (AvgIpc) is 3.01. The SMILES string of the molecule is c1cccc2c(cc1)c1ccccc3oc3c21. The molecule has 0 amide bonds. The molecule has 4 rings (SSSR count). The third-order valence-corrected chi connectivity index (χ3v) is 3.22. The van der Waals surface area contributed by atoms with Crippen LogP contribution in [-0.2, 0) is 0 Å². The van der Waals surface area contributed by atoms with Crippen LogP contribution < -0.4 is 0 Å². The third kappa shape index (κ3) is 1.19. The lowest BCUT2D eigenvalue weighted by molar-refractivity contribution is 0.759. The molecule has 1 heteroatoms. The van der Waals surface area contributed by atoms with Gasteiger partial charge in [0.25, 0.3) is 0 Å². The van der Waals surface area contributed by atoms with E-state index in [1.807, 2.05) is 24.3 Å². The minimum absolute atomic E-state index is 1.00. The van der Waals surface area contributed by atoms with E-state index in [2.05, 4.69) is 36.4 Å². The predicted molar refractivity (Wildman–Crippen MR) is 71.2 cm³/mol. The summed E-state index contributed by atoms with van der Waals surface area (Å²) in [6.07, 6.45) is 0. The second-order valence-corrected chi connectivity index (χ2v) is 4.23. The second-order valence-electron chi connectivity index (χ2n) is 4.23. The highest BCUT2D eigenvalue weighted by Crippen LogP contribution is 2.40. The Kier molecular flexibility index (Phi) is 1.61. The van der Waals surface area contributed by atoms with Crippen molar-refractivity contribution in [3.63, 3.8) is 0 Å². The van der Waals surface area contributed by atoms with Crippen LogP contribution in [-0.4, -0.2) is 0 Å². The van der Waals surface area contributed by atoms with Crippen LogP contribution in [0, 0.1) is 0 Å². The topological polar surface area (TPSA) is 13.1 Å². The maximum absolute atomic E-state index is 5.53. The molecule has 0 N–H and O–H groups in total. The summed E-state index contributed by atoms with van der Waals surface area (Å²) in [7, 11) is 0. The van der Waals surface area contributed by atoms with E-state index < -0.39 is 0 Å². The molecular formula is C16H10O. The van der Waals surface area contributed by atoms with Gasteiger partial charge in [-0.15, -0.1) is 0 Å². The van der Waals surface area contributed by atoms with E-state index in [4.69, 9.17) is 4.42 Å². The Hall–Kier alpha value is -2.28. The van der Waals surface area contributed by atoms with Crippen LogP contribution in [0.1, 0.15) is 0 Å². The normalized spacial score (nSPS) is 11.5. The molecule has 0 atom stereocenters. The van der Waals surface area contributed by atoms with Gasteiger partial charge in [-0.2, -0.15) is 0 Å². The molecule has 0 fully saturated rings. The van der Waals surface area contributed by atoms with Gasteiger partial charge in [-0.25, -0.2) is 0 Å². The molecule has 0 aliphatic heterocycles. The third-order valence-electron chi connectivity index (χ3n) is 3.22. The fourth-order valence-electron chi connectivity index (χ4n) is 2.36. The van der Waals surface area contributed by atoms with Crippen molar-refractivity contribution in [1.82, 2.24) is 0 Å². The van der Waals surface area contributed by atoms with Crippen molar-refractivity contribution in [2.24, 2.45) is 0 Å². The Balaban J connectivity index is 2.26. The quantitative estimate of drug-likeness (QED) is 0.415. The summed E-state index contributed by atoms with van der Waals surface area (Å²) < 4.78 is 5.53. The molecule has 0 aliphatic rings. The average molecular weight is 218 g/mol. The molecule has 0 radical (unpaired) electrons. The molecule has 4 aromatic rings. The van der Waals surface area contributed by atoms with Gasteiger partial charge >= 0.3 is 0 Å². The molecule has 17 heavy (non-hydrogen) atoms. The Labute approximate surface area is 98.3 Å². The van der Waals surface area contributed by atoms with Crippen LogP contribution in [0.25, 0.3) is 32.7 Å². The van der Waals surface area contributed by atoms with E-state index in [0.717, 1.165) is 11.2 Å². The number of hydrogen-bond donors (Lipinski definition) is 0. The maximum atomic E-state index is 5.53. The highest BCUT2D eigenvalue weighted by molar-refractivity contribution is 6.31. The molecule has 80 valence electrons. The maximum Gasteiger partial charge on any atom is 0.178 e. The van der Waals surface area contributed by atoms with Crippen molar-refractivity contribution in [1.29, 1.82) is 0 Å². The number of fused-ring (bicyclic) bond motifs is 6. The van der Waals surface area contributed by atoms with Gasteiger partial charge in [0.2, 0.25) is 0 Å². The van der Waals surface area contributed by atoms with Crippen molar-refractivity contribution >= 4 is 32.7 Å². The van der Waals surface area contributed by atoms with E-state index in [9.17, 15) is 0 Å². The van der Waals surface area contributed by atoms with Gasteiger partial charge in [0.1, 0.15) is 0 Å². The predicted octanol–water partition coefficient (Wildman–Crippen LogP) is 4.74. The molecule has 0 aliphatic carbocycles. The zero-order valence-electron chi connectivity index (χ0n) is 9.18. The molecule has 0 spiro atoms. The molecule has 1 aromatic heterocycles. The van der Waals surface area contributed by atoms with Crippen molar-refractivity contribution in [3.05, 3.63) is 60.7 Å². The van der Waals surface area contributed by atoms with Crippen molar-refractivity contribution < 1.29 is 4.42 Å². The molecule has 1 heterocycles. The molecule has 0 saturated carbocycles. The zero-order valence-corrected chi connectivity index (χ0v) is 9.18. The first-order valence-corrected chi connectivity index (χ1v) is 5.73. The highest BCUT2D eigenvalue weighted by Gasteiger charge is 2.15. The summed E-state index contributed by atoms with van der Waals surface area (Å²) in [5.74, 6) is 0. The van der Waals surface area contributed by atoms with Gasteiger partial charge < -0.3 is 4.42 Å². The molecule has 0 unspecified atom stereocenters. The largest absolute Gasteiger partial charge is 0.449 e. The van der Waals surface area contributed by atoms with Crippen molar-refractivity contribution in [2.75, 3.05) is 0 Å². The fraction of sp³-hybridized carbons (Fsp3) is 0. The Bertz CT molecular complexity index is 815. The van der Waals surface area contributed by atoms with Crippen LogP contribution >= 0.6 is 0 Å². The lowest BCUT2D eigenvalue weighted by Crippen LogP contribution is -1.79. The van der Waals surface area contributed by atoms with Crippen LogP contribution in [0.2, 0.25) is 0 Å². The Morgan fingerprint density at radius 2 is 1.18 bits per heavy atom. The molecule has 0 bridgehead atoms. The number of hydrogen-bond acceptors (Lipinski definition) is 1. The van der Waals surface area contributed by atoms with E-state index >= 15 is 0 Å². The van der Waals surface area contributed by atoms with E-state index in [0.29, 0.717) is 0 Å². The van der Waals surface area contributed by atoms with Gasteiger partial charge in [-0.3, -0.25) is 0 Å². The smallest absolute Gasteiger partial charge is 0.178 e. The first kappa shape index (κ1) is 8.82. The molecule has 3 aromatic carbocycles. The van der Waals surface area contributed by atoms with Gasteiger partial charge in [0.15, 0.2) is 11.2 Å². The highest BCUT2D eigenvalue weighted by atomic mass is 16.4. The minimum atomic E-state index is 1.00. The van der Waals surface area contributed by atoms with Crippen molar-refractivity contribution in [3.8, 4) is 0 Å². The summed E-state index contributed by atoms with van der Waals surface area (Å²) in [5.41, 5.74) is 2.05. The summed E-state index contributed by atoms with van der Waals surface area (Å²) in [4.78, 5) is 0. The fourth-order valence-corrected chi connectivity index (χ4v) is 2.36. The summed E-state index contributed by atoms with van der Waals surface area (Å²) >= 11 is 0. The summed E-state index contributed by atoms with van der Waals surface area (Å²) in [6, 6.07) is 20.8. The summed E-state index contributed by atoms with van der Waals surface area (Å²) in [5, 5.41) is 5.12. The molecule has 0 saturated heterocycles. The van der Waals surface area contributed by atoms with Crippen LogP contribution in [0.3, 0.4) is 0 Å². The lowest BCUT2D eigenvalue weighted by Gasteiger charge is -2.05. The Morgan fingerprint density at radius 3 is 1.94 bits per heavy atom. The van der Waals surface area contributed by atoms with E-state index in [1.54, 1.807) is 0 Å². The van der Waals surface area contributed by atoms with E-state index in [-0.39, 0.29) is 0 Å². The lowest BCUT2D eigenvalue weighted by atomic mass is 9.96. The number of rotatable bonds is 0. The Morgan fingerprint density at radius 1 is 0.588 bits per heavy atom. The molecule has 1 nitrogen and oxygen atoms in total. The van der Waals surface area contributed by atoms with Gasteiger partial charge in [-0.05, 0) is 22.2 Å². The standard InChI is InChI=1S/C16H10O/c1-2-4-8-12-11(7-3-1)13-9-5-6-10-14-16(17-14)15(12)13/h1-10H. The molecular weight excluding hydrogens is 208 g/mol. The first-order valence-electron chi connectivity index (χ1n) is 5.73. The van der Waals surface area contributed by atoms with Gasteiger partial charge in [0, 0.05) is 5.39 Å². The van der Waals surface area contributed by atoms with Crippen LogP contribution in [0.4, 0.5) is 0 Å². The second kappa shape index (κ2) is 3.11. The monoisotopic (exact) mass is 218 g/mol. The van der Waals surface area contributed by atoms with Crippen LogP contribution in [0.15, 0.2) is 65.1 Å². The van der Waals surface area contributed by atoms with Crippen LogP contribution in [0.5, 0.6) is 0 Å². The van der Waals surface area contributed by atoms with Gasteiger partial charge in [0.05, 0.1) is 0 Å². The van der Waals surface area contributed by atoms with Gasteiger partial charge in [-0.1, -0.05) is 54.6 Å².